The van der Waals surface area contributed by atoms with Gasteiger partial charge in [0.15, 0.2) is 0 Å². The van der Waals surface area contributed by atoms with Crippen LogP contribution in [0.5, 0.6) is 0 Å². The minimum atomic E-state index is -0.123. The van der Waals surface area contributed by atoms with Gasteiger partial charge in [-0.05, 0) is 76.5 Å². The number of unbranched alkanes of at least 4 members (excludes halogenated alkanes) is 3. The third-order valence-electron chi connectivity index (χ3n) is 7.10. The molecule has 3 nitrogen and oxygen atoms in total. The molecule has 0 bridgehead atoms. The van der Waals surface area contributed by atoms with Crippen molar-refractivity contribution in [1.82, 2.24) is 4.98 Å². The molecule has 1 heterocycles. The van der Waals surface area contributed by atoms with Gasteiger partial charge < -0.3 is 5.32 Å². The maximum atomic E-state index is 13.1. The van der Waals surface area contributed by atoms with Gasteiger partial charge in [-0.15, -0.1) is 17.9 Å². The molecule has 188 valence electrons. The third-order valence-corrected chi connectivity index (χ3v) is 8.11. The second-order valence-corrected chi connectivity index (χ2v) is 10.8. The fourth-order valence-electron chi connectivity index (χ4n) is 5.00. The number of nitrogens with zero attached hydrogens (tertiary/aromatic N) is 1. The standard InChI is InChI=1S/C31H42N2OS/c1-5-7-9-10-11-14-25-15-12-16-26(19-18-25)31-33-29(22-35-31)30(34)32-28-20-17-23(3)21-27(28)24(4)13-8-6-2/h5-6,8,13,17,20-22,25-26H,1,7,9-12,14-16,18-19H2,2-4H3,(H,32,34)/b8-6-,24-13+. The highest BCUT2D eigenvalue weighted by Gasteiger charge is 2.23. The van der Waals surface area contributed by atoms with Crippen LogP contribution in [0.15, 0.2) is 54.5 Å². The molecule has 35 heavy (non-hydrogen) atoms. The third kappa shape index (κ3) is 8.31. The highest BCUT2D eigenvalue weighted by Crippen LogP contribution is 2.37. The first-order chi connectivity index (χ1) is 17.0. The van der Waals surface area contributed by atoms with Gasteiger partial charge in [-0.25, -0.2) is 4.98 Å². The Bertz CT molecular complexity index is 1030. The Labute approximate surface area is 216 Å². The molecule has 0 radical (unpaired) electrons. The normalized spacial score (nSPS) is 19.0. The van der Waals surface area contributed by atoms with Gasteiger partial charge >= 0.3 is 0 Å². The van der Waals surface area contributed by atoms with E-state index in [0.717, 1.165) is 34.2 Å². The summed E-state index contributed by atoms with van der Waals surface area (Å²) < 4.78 is 0. The number of hydrogen-bond acceptors (Lipinski definition) is 3. The summed E-state index contributed by atoms with van der Waals surface area (Å²) in [6.07, 6.45) is 20.9. The van der Waals surface area contributed by atoms with Gasteiger partial charge in [0.1, 0.15) is 5.69 Å². The van der Waals surface area contributed by atoms with Crippen LogP contribution < -0.4 is 5.32 Å². The molecule has 1 aliphatic rings. The van der Waals surface area contributed by atoms with Crippen molar-refractivity contribution in [3.05, 3.63) is 76.3 Å². The number of hydrogen-bond donors (Lipinski definition) is 1. The number of amides is 1. The van der Waals surface area contributed by atoms with Gasteiger partial charge in [0.2, 0.25) is 0 Å². The lowest BCUT2D eigenvalue weighted by Gasteiger charge is -2.14. The van der Waals surface area contributed by atoms with E-state index in [9.17, 15) is 4.79 Å². The molecular formula is C31H42N2OS. The Hall–Kier alpha value is -2.46. The van der Waals surface area contributed by atoms with Crippen molar-refractivity contribution < 1.29 is 4.79 Å². The first-order valence-electron chi connectivity index (χ1n) is 13.3. The van der Waals surface area contributed by atoms with Gasteiger partial charge in [-0.2, -0.15) is 0 Å². The molecule has 0 saturated heterocycles. The molecule has 1 aromatic heterocycles. The molecule has 4 heteroatoms. The second-order valence-electron chi connectivity index (χ2n) is 9.95. The summed E-state index contributed by atoms with van der Waals surface area (Å²) in [5.74, 6) is 1.22. The number of aryl methyl sites for hydroxylation is 1. The summed E-state index contributed by atoms with van der Waals surface area (Å²) >= 11 is 1.65. The van der Waals surface area contributed by atoms with Crippen molar-refractivity contribution in [2.75, 3.05) is 5.32 Å². The molecule has 1 amide bonds. The first kappa shape index (κ1) is 27.1. The lowest BCUT2D eigenvalue weighted by atomic mass is 9.93. The SMILES string of the molecule is C=CCCCCCC1CCCC(c2nc(C(=O)Nc3ccc(C)cc3/C(C)=C/C=C\C)cs2)CC1. The monoisotopic (exact) mass is 490 g/mol. The Morgan fingerprint density at radius 3 is 2.86 bits per heavy atom. The van der Waals surface area contributed by atoms with Crippen LogP contribution in [0, 0.1) is 12.8 Å². The summed E-state index contributed by atoms with van der Waals surface area (Å²) in [6, 6.07) is 6.15. The van der Waals surface area contributed by atoms with Crippen LogP contribution in [-0.2, 0) is 0 Å². The summed E-state index contributed by atoms with van der Waals surface area (Å²) in [5, 5.41) is 6.19. The molecule has 2 atom stereocenters. The van der Waals surface area contributed by atoms with Crippen LogP contribution in [0.4, 0.5) is 5.69 Å². The van der Waals surface area contributed by atoms with Crippen molar-refractivity contribution in [3.8, 4) is 0 Å². The molecule has 1 aromatic carbocycles. The Kier molecular flexibility index (Phi) is 11.0. The summed E-state index contributed by atoms with van der Waals surface area (Å²) in [4.78, 5) is 17.9. The average Bonchev–Trinajstić information content (AvgIpc) is 3.23. The summed E-state index contributed by atoms with van der Waals surface area (Å²) in [7, 11) is 0. The number of rotatable bonds is 11. The molecule has 2 aromatic rings. The van der Waals surface area contributed by atoms with E-state index in [2.05, 4.69) is 37.9 Å². The van der Waals surface area contributed by atoms with Crippen molar-refractivity contribution in [1.29, 1.82) is 0 Å². The fraction of sp³-hybridized carbons (Fsp3) is 0.484. The largest absolute Gasteiger partial charge is 0.320 e. The molecule has 2 unspecified atom stereocenters. The molecule has 0 aliphatic heterocycles. The predicted octanol–water partition coefficient (Wildman–Crippen LogP) is 9.48. The maximum absolute atomic E-state index is 13.1. The zero-order chi connectivity index (χ0) is 25.0. The molecule has 1 aliphatic carbocycles. The van der Waals surface area contributed by atoms with Crippen molar-refractivity contribution in [3.63, 3.8) is 0 Å². The highest BCUT2D eigenvalue weighted by atomic mass is 32.1. The average molecular weight is 491 g/mol. The van der Waals surface area contributed by atoms with E-state index in [0.29, 0.717) is 11.6 Å². The zero-order valence-corrected chi connectivity index (χ0v) is 22.6. The Morgan fingerprint density at radius 1 is 1.20 bits per heavy atom. The van der Waals surface area contributed by atoms with Gasteiger partial charge in [-0.3, -0.25) is 4.79 Å². The van der Waals surface area contributed by atoms with E-state index in [1.807, 2.05) is 42.7 Å². The summed E-state index contributed by atoms with van der Waals surface area (Å²) in [5.41, 5.74) is 4.71. The number of thiazole rings is 1. The molecule has 0 spiro atoms. The summed E-state index contributed by atoms with van der Waals surface area (Å²) in [6.45, 7) is 9.97. The van der Waals surface area contributed by atoms with Crippen LogP contribution in [0.3, 0.4) is 0 Å². The molecule has 1 saturated carbocycles. The van der Waals surface area contributed by atoms with Gasteiger partial charge in [0, 0.05) is 22.5 Å². The van der Waals surface area contributed by atoms with Gasteiger partial charge in [0.25, 0.3) is 5.91 Å². The Balaban J connectivity index is 1.60. The number of carbonyl (C=O) groups is 1. The number of carbonyl (C=O) groups excluding carboxylic acids is 1. The minimum Gasteiger partial charge on any atom is -0.320 e. The van der Waals surface area contributed by atoms with E-state index in [-0.39, 0.29) is 5.91 Å². The van der Waals surface area contributed by atoms with Gasteiger partial charge in [-0.1, -0.05) is 68.0 Å². The lowest BCUT2D eigenvalue weighted by Crippen LogP contribution is -2.14. The lowest BCUT2D eigenvalue weighted by molar-refractivity contribution is 0.102. The number of anilines is 1. The van der Waals surface area contributed by atoms with Crippen LogP contribution in [0.1, 0.15) is 111 Å². The Morgan fingerprint density at radius 2 is 2.06 bits per heavy atom. The van der Waals surface area contributed by atoms with E-state index < -0.39 is 0 Å². The van der Waals surface area contributed by atoms with E-state index in [1.54, 1.807) is 11.3 Å². The second kappa shape index (κ2) is 14.2. The minimum absolute atomic E-state index is 0.123. The van der Waals surface area contributed by atoms with Crippen LogP contribution >= 0.6 is 11.3 Å². The number of allylic oxidation sites excluding steroid dienone is 5. The van der Waals surface area contributed by atoms with Crippen LogP contribution in [0.2, 0.25) is 0 Å². The first-order valence-corrected chi connectivity index (χ1v) is 14.2. The van der Waals surface area contributed by atoms with E-state index >= 15 is 0 Å². The van der Waals surface area contributed by atoms with Gasteiger partial charge in [0.05, 0.1) is 5.01 Å². The van der Waals surface area contributed by atoms with E-state index in [4.69, 9.17) is 4.98 Å². The maximum Gasteiger partial charge on any atom is 0.275 e. The van der Waals surface area contributed by atoms with Crippen LogP contribution in [-0.4, -0.2) is 10.9 Å². The number of aromatic nitrogens is 1. The van der Waals surface area contributed by atoms with Crippen molar-refractivity contribution in [2.45, 2.75) is 90.9 Å². The topological polar surface area (TPSA) is 42.0 Å². The zero-order valence-electron chi connectivity index (χ0n) is 21.8. The molecular weight excluding hydrogens is 448 g/mol. The van der Waals surface area contributed by atoms with Crippen molar-refractivity contribution >= 4 is 28.5 Å². The quantitative estimate of drug-likeness (QED) is 0.147. The highest BCUT2D eigenvalue weighted by molar-refractivity contribution is 7.10. The predicted molar refractivity (Wildman–Crippen MR) is 152 cm³/mol. The number of nitrogens with one attached hydrogen (secondary N) is 1. The number of benzene rings is 1. The van der Waals surface area contributed by atoms with Crippen molar-refractivity contribution in [2.24, 2.45) is 5.92 Å². The van der Waals surface area contributed by atoms with E-state index in [1.165, 1.54) is 63.4 Å². The molecule has 1 fully saturated rings. The van der Waals surface area contributed by atoms with Crippen LogP contribution in [0.25, 0.3) is 5.57 Å². The molecule has 3 rings (SSSR count). The molecule has 1 N–H and O–H groups in total. The smallest absolute Gasteiger partial charge is 0.275 e. The fourth-order valence-corrected chi connectivity index (χ4v) is 5.97.